The molecule has 1 aliphatic rings. The molecule has 0 unspecified atom stereocenters. The summed E-state index contributed by atoms with van der Waals surface area (Å²) in [4.78, 5) is 11.5. The summed E-state index contributed by atoms with van der Waals surface area (Å²) in [6.45, 7) is 6.30. The molecule has 1 saturated heterocycles. The van der Waals surface area contributed by atoms with Crippen molar-refractivity contribution in [3.63, 3.8) is 0 Å². The van der Waals surface area contributed by atoms with Crippen LogP contribution in [0, 0.1) is 20.8 Å². The van der Waals surface area contributed by atoms with Gasteiger partial charge in [0.25, 0.3) is 0 Å². The molecule has 4 aromatic rings. The molecule has 0 amide bonds. The second-order valence-corrected chi connectivity index (χ2v) is 9.15. The number of halogens is 1. The predicted molar refractivity (Wildman–Crippen MR) is 137 cm³/mol. The van der Waals surface area contributed by atoms with Gasteiger partial charge in [-0.2, -0.15) is 0 Å². The molecule has 7 heteroatoms. The maximum absolute atomic E-state index is 6.17. The average Bonchev–Trinajstić information content (AvgIpc) is 3.31. The Balaban J connectivity index is 1.67. The number of benzene rings is 1. The van der Waals surface area contributed by atoms with Crippen molar-refractivity contribution >= 4 is 34.6 Å². The van der Waals surface area contributed by atoms with Crippen LogP contribution < -0.4 is 10.2 Å². The number of aromatic nitrogens is 3. The third-order valence-electron chi connectivity index (χ3n) is 6.12. The molecule has 5 rings (SSSR count). The van der Waals surface area contributed by atoms with E-state index in [1.165, 1.54) is 5.56 Å². The molecule has 2 atom stereocenters. The lowest BCUT2D eigenvalue weighted by molar-refractivity contribution is 0.565. The predicted octanol–water partition coefficient (Wildman–Crippen LogP) is 6.02. The summed E-state index contributed by atoms with van der Waals surface area (Å²) >= 11 is 12.0. The van der Waals surface area contributed by atoms with Crippen molar-refractivity contribution in [3.05, 3.63) is 106 Å². The quantitative estimate of drug-likeness (QED) is 0.367. The first kappa shape index (κ1) is 21.6. The van der Waals surface area contributed by atoms with E-state index in [1.54, 1.807) is 0 Å². The number of rotatable bonds is 4. The van der Waals surface area contributed by atoms with E-state index in [-0.39, 0.29) is 12.1 Å². The van der Waals surface area contributed by atoms with E-state index in [0.29, 0.717) is 10.1 Å². The number of hydrogen-bond acceptors (Lipinski definition) is 3. The second kappa shape index (κ2) is 8.61. The van der Waals surface area contributed by atoms with Crippen molar-refractivity contribution in [2.24, 2.45) is 0 Å². The largest absolute Gasteiger partial charge is 0.351 e. The SMILES string of the molecule is Cc1ccc(-n2c(C)cc([C@@H]3[C@H](c4ccccn4)NC(=S)N3c3ccc(Cl)cc3)c2C)nc1. The third-order valence-corrected chi connectivity index (χ3v) is 6.68. The molecule has 0 bridgehead atoms. The van der Waals surface area contributed by atoms with Gasteiger partial charge in [-0.1, -0.05) is 23.7 Å². The fourth-order valence-corrected chi connectivity index (χ4v) is 5.05. The molecular formula is C26H24ClN5S. The van der Waals surface area contributed by atoms with E-state index in [4.69, 9.17) is 23.8 Å². The van der Waals surface area contributed by atoms with Gasteiger partial charge in [-0.3, -0.25) is 4.98 Å². The van der Waals surface area contributed by atoms with E-state index in [2.05, 4.69) is 56.8 Å². The van der Waals surface area contributed by atoms with Gasteiger partial charge in [0.15, 0.2) is 5.11 Å². The smallest absolute Gasteiger partial charge is 0.174 e. The minimum atomic E-state index is -0.102. The number of hydrogen-bond donors (Lipinski definition) is 1. The summed E-state index contributed by atoms with van der Waals surface area (Å²) in [6, 6.07) is 20.0. The van der Waals surface area contributed by atoms with E-state index in [0.717, 1.165) is 34.2 Å². The zero-order valence-corrected chi connectivity index (χ0v) is 20.2. The van der Waals surface area contributed by atoms with Gasteiger partial charge in [0.05, 0.1) is 17.8 Å². The van der Waals surface area contributed by atoms with Crippen LogP contribution in [0.1, 0.15) is 40.3 Å². The van der Waals surface area contributed by atoms with Gasteiger partial charge in [-0.15, -0.1) is 0 Å². The van der Waals surface area contributed by atoms with Gasteiger partial charge in [0.2, 0.25) is 0 Å². The van der Waals surface area contributed by atoms with Crippen LogP contribution >= 0.6 is 23.8 Å². The maximum atomic E-state index is 6.17. The van der Waals surface area contributed by atoms with Crippen LogP contribution in [0.25, 0.3) is 5.82 Å². The molecule has 1 aliphatic heterocycles. The minimum absolute atomic E-state index is 0.0843. The highest BCUT2D eigenvalue weighted by atomic mass is 35.5. The van der Waals surface area contributed by atoms with E-state index in [1.807, 2.05) is 61.8 Å². The Bertz CT molecular complexity index is 1300. The number of nitrogens with zero attached hydrogens (tertiary/aromatic N) is 4. The fourth-order valence-electron chi connectivity index (χ4n) is 4.58. The highest BCUT2D eigenvalue weighted by Crippen LogP contribution is 2.43. The highest BCUT2D eigenvalue weighted by molar-refractivity contribution is 7.80. The van der Waals surface area contributed by atoms with Crippen LogP contribution in [0.4, 0.5) is 5.69 Å². The monoisotopic (exact) mass is 473 g/mol. The molecule has 166 valence electrons. The molecule has 0 radical (unpaired) electrons. The van der Waals surface area contributed by atoms with E-state index in [9.17, 15) is 0 Å². The van der Waals surface area contributed by atoms with Crippen LogP contribution in [-0.2, 0) is 0 Å². The standard InChI is InChI=1S/C26H24ClN5S/c1-16-7-12-23(29-15-16)31-17(2)14-21(18(31)3)25-24(22-6-4-5-13-28-22)30-26(33)32(25)20-10-8-19(27)9-11-20/h4-15,24-25H,1-3H3,(H,30,33)/t24-,25+/m0/s1. The molecule has 1 N–H and O–H groups in total. The Morgan fingerprint density at radius 3 is 2.42 bits per heavy atom. The van der Waals surface area contributed by atoms with E-state index >= 15 is 0 Å². The number of pyridine rings is 2. The summed E-state index contributed by atoms with van der Waals surface area (Å²) in [6.07, 6.45) is 3.72. The Labute approximate surface area is 204 Å². The van der Waals surface area contributed by atoms with Gasteiger partial charge in [-0.05, 0) is 92.6 Å². The molecular weight excluding hydrogens is 450 g/mol. The first-order valence-corrected chi connectivity index (χ1v) is 11.6. The Morgan fingerprint density at radius 1 is 0.970 bits per heavy atom. The molecule has 1 aromatic carbocycles. The molecule has 5 nitrogen and oxygen atoms in total. The minimum Gasteiger partial charge on any atom is -0.351 e. The summed E-state index contributed by atoms with van der Waals surface area (Å²) in [5, 5.41) is 4.88. The maximum Gasteiger partial charge on any atom is 0.174 e. The topological polar surface area (TPSA) is 46.0 Å². The van der Waals surface area contributed by atoms with Crippen molar-refractivity contribution in [1.82, 2.24) is 19.9 Å². The van der Waals surface area contributed by atoms with Gasteiger partial charge in [0.1, 0.15) is 5.82 Å². The number of nitrogens with one attached hydrogen (secondary N) is 1. The average molecular weight is 474 g/mol. The van der Waals surface area contributed by atoms with Crippen molar-refractivity contribution in [2.75, 3.05) is 4.90 Å². The van der Waals surface area contributed by atoms with Crippen molar-refractivity contribution in [2.45, 2.75) is 32.9 Å². The molecule has 0 spiro atoms. The number of thiocarbonyl (C=S) groups is 1. The van der Waals surface area contributed by atoms with Crippen LogP contribution in [0.3, 0.4) is 0 Å². The first-order valence-electron chi connectivity index (χ1n) is 10.8. The van der Waals surface area contributed by atoms with Crippen LogP contribution in [0.5, 0.6) is 0 Å². The molecule has 3 aromatic heterocycles. The normalized spacial score (nSPS) is 17.9. The van der Waals surface area contributed by atoms with Crippen molar-refractivity contribution in [1.29, 1.82) is 0 Å². The van der Waals surface area contributed by atoms with E-state index < -0.39 is 0 Å². The summed E-state index contributed by atoms with van der Waals surface area (Å²) in [7, 11) is 0. The lowest BCUT2D eigenvalue weighted by Gasteiger charge is -2.28. The molecule has 4 heterocycles. The Morgan fingerprint density at radius 2 is 1.76 bits per heavy atom. The third kappa shape index (κ3) is 3.90. The lowest BCUT2D eigenvalue weighted by Crippen LogP contribution is -2.29. The Hall–Kier alpha value is -3.22. The number of anilines is 1. The summed E-state index contributed by atoms with van der Waals surface area (Å²) in [5.41, 5.74) is 6.48. The highest BCUT2D eigenvalue weighted by Gasteiger charge is 2.42. The van der Waals surface area contributed by atoms with Crippen LogP contribution in [0.2, 0.25) is 5.02 Å². The molecule has 0 saturated carbocycles. The summed E-state index contributed by atoms with van der Waals surface area (Å²) in [5.74, 6) is 0.905. The fraction of sp³-hybridized carbons (Fsp3) is 0.192. The molecule has 1 fully saturated rings. The first-order chi connectivity index (χ1) is 15.9. The second-order valence-electron chi connectivity index (χ2n) is 8.33. The zero-order valence-electron chi connectivity index (χ0n) is 18.7. The van der Waals surface area contributed by atoms with Gasteiger partial charge >= 0.3 is 0 Å². The zero-order chi connectivity index (χ0) is 23.1. The van der Waals surface area contributed by atoms with Crippen molar-refractivity contribution in [3.8, 4) is 5.82 Å². The van der Waals surface area contributed by atoms with Crippen LogP contribution in [-0.4, -0.2) is 19.6 Å². The van der Waals surface area contributed by atoms with Gasteiger partial charge < -0.3 is 14.8 Å². The Kier molecular flexibility index (Phi) is 5.64. The lowest BCUT2D eigenvalue weighted by atomic mass is 9.96. The van der Waals surface area contributed by atoms with Gasteiger partial charge in [0, 0.05) is 34.5 Å². The number of aryl methyl sites for hydroxylation is 2. The van der Waals surface area contributed by atoms with Gasteiger partial charge in [-0.25, -0.2) is 4.98 Å². The summed E-state index contributed by atoms with van der Waals surface area (Å²) < 4.78 is 2.20. The van der Waals surface area contributed by atoms with Crippen LogP contribution in [0.15, 0.2) is 73.1 Å². The molecule has 33 heavy (non-hydrogen) atoms. The van der Waals surface area contributed by atoms with Crippen molar-refractivity contribution < 1.29 is 0 Å². The molecule has 0 aliphatic carbocycles.